The van der Waals surface area contributed by atoms with Crippen molar-refractivity contribution in [1.82, 2.24) is 59.3 Å². The monoisotopic (exact) mass is 1520 g/mol. The maximum absolute atomic E-state index is 13.1. The third-order valence-corrected chi connectivity index (χ3v) is 21.2. The molecule has 21 heteroatoms. The molecule has 6 N–H and O–H groups in total. The molecule has 0 spiro atoms. The van der Waals surface area contributed by atoms with Crippen molar-refractivity contribution >= 4 is 80.0 Å². The zero-order valence-electron chi connectivity index (χ0n) is 66.1. The highest BCUT2D eigenvalue weighted by Crippen LogP contribution is 2.26. The zero-order valence-corrected chi connectivity index (χ0v) is 66.1. The fourth-order valence-corrected chi connectivity index (χ4v) is 13.8. The maximum Gasteiger partial charge on any atom is 0.255 e. The van der Waals surface area contributed by atoms with E-state index >= 15 is 0 Å². The summed E-state index contributed by atoms with van der Waals surface area (Å²) in [5.74, 6) is 12.2. The van der Waals surface area contributed by atoms with Gasteiger partial charge in [0.15, 0.2) is 0 Å². The van der Waals surface area contributed by atoms with Gasteiger partial charge in [0.1, 0.15) is 16.9 Å². The molecular formula is C93H95N15O6. The number of H-pyrrole nitrogens is 3. The lowest BCUT2D eigenvalue weighted by Crippen LogP contribution is -2.43. The number of aromatic nitrogens is 6. The van der Waals surface area contributed by atoms with Crippen LogP contribution in [0, 0.1) is 65.2 Å². The van der Waals surface area contributed by atoms with Crippen molar-refractivity contribution < 1.29 is 14.4 Å². The van der Waals surface area contributed by atoms with Gasteiger partial charge in [-0.15, -0.1) is 0 Å². The van der Waals surface area contributed by atoms with Crippen molar-refractivity contribution in [3.63, 3.8) is 0 Å². The molecule has 0 aliphatic carbocycles. The van der Waals surface area contributed by atoms with Gasteiger partial charge in [-0.3, -0.25) is 43.5 Å². The summed E-state index contributed by atoms with van der Waals surface area (Å²) in [5, 5.41) is 11.6. The lowest BCUT2D eigenvalue weighted by molar-refractivity contribution is 0.101. The highest BCUT2D eigenvalue weighted by atomic mass is 16.2. The summed E-state index contributed by atoms with van der Waals surface area (Å²) in [6.07, 6.45) is 8.94. The number of aromatic amines is 3. The lowest BCUT2D eigenvalue weighted by Gasteiger charge is -2.32. The molecule has 6 aromatic heterocycles. The molecule has 3 aliphatic rings. The first-order valence-electron chi connectivity index (χ1n) is 38.5. The summed E-state index contributed by atoms with van der Waals surface area (Å²) in [5.41, 5.74) is 20.5. The number of hydrogen-bond donors (Lipinski definition) is 6. The van der Waals surface area contributed by atoms with E-state index in [1.54, 1.807) is 36.8 Å². The van der Waals surface area contributed by atoms with Crippen molar-refractivity contribution in [2.24, 2.45) is 0 Å². The normalized spacial score (nSPS) is 14.4. The number of rotatable bonds is 14. The number of carbonyl (C=O) groups is 3. The van der Waals surface area contributed by atoms with Gasteiger partial charge in [0, 0.05) is 207 Å². The minimum absolute atomic E-state index is 0.137. The fraction of sp³-hybridized carbons (Fsp3) is 0.258. The average Bonchev–Trinajstić information content (AvgIpc) is 0.854. The molecular weight excluding hydrogens is 1420 g/mol. The molecule has 0 bridgehead atoms. The van der Waals surface area contributed by atoms with Crippen LogP contribution in [-0.2, 0) is 19.6 Å². The fourth-order valence-electron chi connectivity index (χ4n) is 13.8. The Labute approximate surface area is 664 Å². The average molecular weight is 1520 g/mol. The summed E-state index contributed by atoms with van der Waals surface area (Å²) in [6.45, 7) is 28.0. The van der Waals surface area contributed by atoms with Gasteiger partial charge in [-0.2, -0.15) is 0 Å². The molecule has 3 aliphatic heterocycles. The maximum atomic E-state index is 13.1. The largest absolute Gasteiger partial charge is 0.322 e. The van der Waals surface area contributed by atoms with E-state index in [0.717, 1.165) is 181 Å². The second-order valence-electron chi connectivity index (χ2n) is 30.0. The van der Waals surface area contributed by atoms with E-state index in [0.29, 0.717) is 39.3 Å². The van der Waals surface area contributed by atoms with E-state index in [1.807, 2.05) is 136 Å². The minimum Gasteiger partial charge on any atom is -0.322 e. The number of anilines is 3. The van der Waals surface area contributed by atoms with Crippen molar-refractivity contribution in [3.05, 3.63) is 314 Å². The number of benzene rings is 6. The van der Waals surface area contributed by atoms with E-state index in [1.165, 1.54) is 46.0 Å². The number of amides is 3. The van der Waals surface area contributed by atoms with Crippen molar-refractivity contribution in [1.29, 1.82) is 0 Å². The Morgan fingerprint density at radius 3 is 1.17 bits per heavy atom. The molecule has 0 atom stereocenters. The van der Waals surface area contributed by atoms with Gasteiger partial charge >= 0.3 is 0 Å². The van der Waals surface area contributed by atoms with Crippen LogP contribution in [0.15, 0.2) is 197 Å². The van der Waals surface area contributed by atoms with Gasteiger partial charge < -0.3 is 45.6 Å². The summed E-state index contributed by atoms with van der Waals surface area (Å²) < 4.78 is 0. The van der Waals surface area contributed by atoms with Crippen LogP contribution in [0.1, 0.15) is 115 Å². The lowest BCUT2D eigenvalue weighted by atomic mass is 10.0. The minimum atomic E-state index is -0.189. The van der Waals surface area contributed by atoms with Gasteiger partial charge in [0.2, 0.25) is 16.7 Å². The van der Waals surface area contributed by atoms with Crippen LogP contribution in [-0.4, -0.2) is 177 Å². The molecule has 3 saturated heterocycles. The number of aryl methyl sites for hydroxylation is 6. The molecule has 0 saturated carbocycles. The molecule has 6 aromatic carbocycles. The Morgan fingerprint density at radius 1 is 0.360 bits per heavy atom. The molecule has 15 rings (SSSR count). The Balaban J connectivity index is 0.000000149. The number of likely N-dealkylation sites (N-methyl/N-ethyl adjacent to an activating group) is 3. The Morgan fingerprint density at radius 2 is 0.719 bits per heavy atom. The molecule has 0 unspecified atom stereocenters. The van der Waals surface area contributed by atoms with Crippen LogP contribution in [0.3, 0.4) is 0 Å². The molecule has 114 heavy (non-hydrogen) atoms. The Kier molecular flexibility index (Phi) is 25.6. The number of nitrogens with one attached hydrogen (secondary N) is 6. The molecule has 3 amide bonds. The van der Waals surface area contributed by atoms with E-state index in [9.17, 15) is 28.8 Å². The van der Waals surface area contributed by atoms with Crippen LogP contribution in [0.25, 0.3) is 45.3 Å². The van der Waals surface area contributed by atoms with E-state index in [2.05, 4.69) is 165 Å². The van der Waals surface area contributed by atoms with Gasteiger partial charge in [0.25, 0.3) is 17.7 Å². The SMILES string of the molecule is Cc1ccc(C(=O)Nc2ccc(CN3CCN(C)CC3)c(C)c2)cc1/C=C/c1cnc2[nH]c(=O)ccc2c1.Cc1ccc(C(=O)Nc2ccc(CN3CCN(C)CC3)c(C)c2)cc1C#Cc1cnc2[nH]c(=O)ccc2c1.Cc1ccc(NC(=O)c2ccc(CN3CCN(C)CC3)c(C)c2)cc1C#Cc1cnc2[nH]c(=O)ccc2c1. The van der Waals surface area contributed by atoms with Gasteiger partial charge in [0.05, 0.1) is 0 Å². The van der Waals surface area contributed by atoms with Crippen molar-refractivity contribution in [2.45, 2.75) is 61.2 Å². The van der Waals surface area contributed by atoms with Crippen LogP contribution in [0.5, 0.6) is 0 Å². The first-order chi connectivity index (χ1) is 55.0. The van der Waals surface area contributed by atoms with E-state index in [-0.39, 0.29) is 34.4 Å². The molecule has 21 nitrogen and oxygen atoms in total. The first-order valence-corrected chi connectivity index (χ1v) is 38.5. The van der Waals surface area contributed by atoms with E-state index in [4.69, 9.17) is 0 Å². The highest BCUT2D eigenvalue weighted by molar-refractivity contribution is 6.06. The summed E-state index contributed by atoms with van der Waals surface area (Å²) in [4.78, 5) is 109. The Hall–Kier alpha value is -12.6. The number of carbonyl (C=O) groups excluding carboxylic acids is 3. The topological polar surface area (TPSA) is 244 Å². The number of hydrogen-bond acceptors (Lipinski definition) is 15. The molecule has 12 aromatic rings. The number of pyridine rings is 6. The zero-order chi connectivity index (χ0) is 79.9. The second-order valence-corrected chi connectivity index (χ2v) is 30.0. The number of fused-ring (bicyclic) bond motifs is 3. The summed E-state index contributed by atoms with van der Waals surface area (Å²) >= 11 is 0. The van der Waals surface area contributed by atoms with Gasteiger partial charge in [-0.25, -0.2) is 15.0 Å². The van der Waals surface area contributed by atoms with Crippen LogP contribution < -0.4 is 32.6 Å². The predicted octanol–water partition coefficient (Wildman–Crippen LogP) is 12.6. The number of piperazine rings is 3. The molecule has 9 heterocycles. The third kappa shape index (κ3) is 21.3. The van der Waals surface area contributed by atoms with Gasteiger partial charge in [-0.05, 0) is 233 Å². The van der Waals surface area contributed by atoms with Crippen molar-refractivity contribution in [2.75, 3.05) is 116 Å². The molecule has 0 radical (unpaired) electrons. The summed E-state index contributed by atoms with van der Waals surface area (Å²) in [7, 11) is 6.49. The second kappa shape index (κ2) is 36.7. The van der Waals surface area contributed by atoms with E-state index < -0.39 is 0 Å². The van der Waals surface area contributed by atoms with Gasteiger partial charge in [-0.1, -0.05) is 72.2 Å². The standard InChI is InChI=1S/C31H31N5O2.C31H33N5O2.C31H31N5O2/c1-21-4-10-28(18-24(21)6-5-23-17-25-9-11-29(37)34-30(25)32-19-23)33-31(38)26-7-8-27(22(2)16-26)20-36-14-12-35(3)13-15-36;2*1-21-4-6-26(18-24(21)7-5-23-17-25-9-11-29(37)34-30(25)32-19-23)31(38)33-28-10-8-27(22(2)16-28)20-36-14-12-35(3)13-15-36/h4,7-11,16-19H,12-15,20H2,1-3H3,(H,33,38)(H,32,34,37);4-11,16-19H,12-15,20H2,1-3H3,(H,33,38)(H,32,34,37);4,6,8-11,16-19H,12-15,20H2,1-3H3,(H,33,38)(H,32,34,37)/b;7-5+;. The van der Waals surface area contributed by atoms with Crippen LogP contribution >= 0.6 is 0 Å². The Bertz CT molecular complexity index is 5960. The summed E-state index contributed by atoms with van der Waals surface area (Å²) in [6, 6.07) is 50.6. The quantitative estimate of drug-likeness (QED) is 0.0555. The molecule has 578 valence electrons. The molecule has 3 fully saturated rings. The first kappa shape index (κ1) is 79.5. The third-order valence-electron chi connectivity index (χ3n) is 21.2. The highest BCUT2D eigenvalue weighted by Gasteiger charge is 2.20. The predicted molar refractivity (Wildman–Crippen MR) is 457 cm³/mol. The van der Waals surface area contributed by atoms with Crippen molar-refractivity contribution in [3.8, 4) is 23.7 Å². The smallest absolute Gasteiger partial charge is 0.255 e. The van der Waals surface area contributed by atoms with Crippen LogP contribution in [0.4, 0.5) is 17.1 Å². The number of nitrogens with zero attached hydrogens (tertiary/aromatic N) is 9. The van der Waals surface area contributed by atoms with Crippen LogP contribution in [0.2, 0.25) is 0 Å².